The highest BCUT2D eigenvalue weighted by atomic mass is 16.5. The number of nitrogens with one attached hydrogen (secondary N) is 1. The van der Waals surface area contributed by atoms with Gasteiger partial charge in [0.2, 0.25) is 5.91 Å². The lowest BCUT2D eigenvalue weighted by Crippen LogP contribution is -2.59. The summed E-state index contributed by atoms with van der Waals surface area (Å²) >= 11 is 0. The summed E-state index contributed by atoms with van der Waals surface area (Å²) < 4.78 is 5.29. The van der Waals surface area contributed by atoms with Gasteiger partial charge in [-0.15, -0.1) is 0 Å². The van der Waals surface area contributed by atoms with E-state index >= 15 is 0 Å². The maximum atomic E-state index is 12.3. The van der Waals surface area contributed by atoms with Crippen LogP contribution in [0.4, 0.5) is 0 Å². The van der Waals surface area contributed by atoms with E-state index in [2.05, 4.69) is 24.1 Å². The van der Waals surface area contributed by atoms with Crippen molar-refractivity contribution in [1.82, 2.24) is 10.2 Å². The number of hydrogen-bond acceptors (Lipinski definition) is 4. The summed E-state index contributed by atoms with van der Waals surface area (Å²) in [6.07, 6.45) is 3.33. The van der Waals surface area contributed by atoms with Crippen LogP contribution in [-0.4, -0.2) is 55.2 Å². The fourth-order valence-corrected chi connectivity index (χ4v) is 3.07. The van der Waals surface area contributed by atoms with Crippen LogP contribution in [0.1, 0.15) is 39.5 Å². The number of ether oxygens (including phenoxy) is 1. The summed E-state index contributed by atoms with van der Waals surface area (Å²) in [6.45, 7) is 8.98. The number of nitrogens with zero attached hydrogens (tertiary/aromatic N) is 1. The number of piperidine rings is 1. The first-order chi connectivity index (χ1) is 9.49. The molecule has 0 aromatic carbocycles. The molecule has 0 aromatic rings. The SMILES string of the molecule is CC(C)CN1CCC(NC(=O)C2(N)CCOCC2)CC1. The van der Waals surface area contributed by atoms with Crippen LogP contribution in [0, 0.1) is 5.92 Å². The zero-order chi connectivity index (χ0) is 14.6. The minimum Gasteiger partial charge on any atom is -0.381 e. The summed E-state index contributed by atoms with van der Waals surface area (Å²) in [6, 6.07) is 0.286. The van der Waals surface area contributed by atoms with Gasteiger partial charge in [-0.2, -0.15) is 0 Å². The molecule has 3 N–H and O–H groups in total. The molecule has 0 unspecified atom stereocenters. The third-order valence-corrected chi connectivity index (χ3v) is 4.38. The predicted molar refractivity (Wildman–Crippen MR) is 79.4 cm³/mol. The molecular weight excluding hydrogens is 254 g/mol. The fourth-order valence-electron chi connectivity index (χ4n) is 3.07. The van der Waals surface area contributed by atoms with E-state index in [1.807, 2.05) is 0 Å². The van der Waals surface area contributed by atoms with Gasteiger partial charge in [-0.25, -0.2) is 0 Å². The van der Waals surface area contributed by atoms with Crippen LogP contribution >= 0.6 is 0 Å². The van der Waals surface area contributed by atoms with Crippen LogP contribution in [0.15, 0.2) is 0 Å². The average molecular weight is 283 g/mol. The summed E-state index contributed by atoms with van der Waals surface area (Å²) in [5, 5.41) is 3.16. The lowest BCUT2D eigenvalue weighted by Gasteiger charge is -2.37. The second-order valence-electron chi connectivity index (χ2n) is 6.71. The second-order valence-corrected chi connectivity index (χ2v) is 6.71. The van der Waals surface area contributed by atoms with Crippen molar-refractivity contribution in [2.24, 2.45) is 11.7 Å². The summed E-state index contributed by atoms with van der Waals surface area (Å²) in [5.41, 5.74) is 5.50. The third-order valence-electron chi connectivity index (χ3n) is 4.38. The van der Waals surface area contributed by atoms with Gasteiger partial charge in [0, 0.05) is 38.9 Å². The Kier molecular flexibility index (Phi) is 5.41. The van der Waals surface area contributed by atoms with E-state index in [4.69, 9.17) is 10.5 Å². The van der Waals surface area contributed by atoms with Gasteiger partial charge >= 0.3 is 0 Å². The van der Waals surface area contributed by atoms with Gasteiger partial charge in [0.15, 0.2) is 0 Å². The molecule has 2 heterocycles. The second kappa shape index (κ2) is 6.87. The number of rotatable bonds is 4. The topological polar surface area (TPSA) is 67.6 Å². The average Bonchev–Trinajstić information content (AvgIpc) is 2.41. The van der Waals surface area contributed by atoms with E-state index in [9.17, 15) is 4.79 Å². The van der Waals surface area contributed by atoms with Crippen molar-refractivity contribution in [3.05, 3.63) is 0 Å². The first kappa shape index (κ1) is 15.7. The molecule has 5 heteroatoms. The van der Waals surface area contributed by atoms with E-state index in [0.29, 0.717) is 32.0 Å². The highest BCUT2D eigenvalue weighted by Gasteiger charge is 2.37. The van der Waals surface area contributed by atoms with Crippen molar-refractivity contribution in [1.29, 1.82) is 0 Å². The largest absolute Gasteiger partial charge is 0.381 e. The van der Waals surface area contributed by atoms with Crippen LogP contribution in [0.2, 0.25) is 0 Å². The highest BCUT2D eigenvalue weighted by molar-refractivity contribution is 5.86. The maximum absolute atomic E-state index is 12.3. The van der Waals surface area contributed by atoms with Crippen molar-refractivity contribution in [2.75, 3.05) is 32.8 Å². The Bertz CT molecular complexity index is 319. The number of hydrogen-bond donors (Lipinski definition) is 2. The van der Waals surface area contributed by atoms with Gasteiger partial charge in [-0.05, 0) is 31.6 Å². The van der Waals surface area contributed by atoms with E-state index in [1.54, 1.807) is 0 Å². The molecule has 5 nitrogen and oxygen atoms in total. The molecule has 2 aliphatic rings. The lowest BCUT2D eigenvalue weighted by atomic mass is 9.89. The molecule has 1 amide bonds. The Morgan fingerprint density at radius 2 is 1.95 bits per heavy atom. The molecule has 0 spiro atoms. The molecule has 2 fully saturated rings. The van der Waals surface area contributed by atoms with Gasteiger partial charge in [-0.1, -0.05) is 13.8 Å². The molecule has 0 saturated carbocycles. The van der Waals surface area contributed by atoms with Crippen molar-refractivity contribution in [3.63, 3.8) is 0 Å². The zero-order valence-electron chi connectivity index (χ0n) is 12.9. The molecule has 2 aliphatic heterocycles. The number of carbonyl (C=O) groups is 1. The Morgan fingerprint density at radius 1 is 1.35 bits per heavy atom. The highest BCUT2D eigenvalue weighted by Crippen LogP contribution is 2.19. The zero-order valence-corrected chi connectivity index (χ0v) is 12.9. The molecule has 116 valence electrons. The number of carbonyl (C=O) groups excluding carboxylic acids is 1. The number of amides is 1. The molecule has 0 bridgehead atoms. The van der Waals surface area contributed by atoms with Crippen molar-refractivity contribution < 1.29 is 9.53 Å². The van der Waals surface area contributed by atoms with E-state index in [1.165, 1.54) is 0 Å². The maximum Gasteiger partial charge on any atom is 0.240 e. The van der Waals surface area contributed by atoms with Gasteiger partial charge in [-0.3, -0.25) is 4.79 Å². The molecule has 0 aromatic heterocycles. The van der Waals surface area contributed by atoms with Crippen molar-refractivity contribution in [2.45, 2.75) is 51.1 Å². The van der Waals surface area contributed by atoms with Crippen molar-refractivity contribution in [3.8, 4) is 0 Å². The standard InChI is InChI=1S/C15H29N3O2/c1-12(2)11-18-7-3-13(4-8-18)17-14(19)15(16)5-9-20-10-6-15/h12-13H,3-11,16H2,1-2H3,(H,17,19). The van der Waals surface area contributed by atoms with E-state index < -0.39 is 5.54 Å². The quantitative estimate of drug-likeness (QED) is 0.798. The van der Waals surface area contributed by atoms with Crippen molar-refractivity contribution >= 4 is 5.91 Å². The molecule has 20 heavy (non-hydrogen) atoms. The number of likely N-dealkylation sites (tertiary alicyclic amines) is 1. The normalized spacial score (nSPS) is 24.8. The Hall–Kier alpha value is -0.650. The molecule has 0 atom stereocenters. The number of nitrogens with two attached hydrogens (primary N) is 1. The fraction of sp³-hybridized carbons (Fsp3) is 0.933. The Balaban J connectivity index is 1.76. The molecule has 2 rings (SSSR count). The van der Waals surface area contributed by atoms with E-state index in [0.717, 1.165) is 32.5 Å². The predicted octanol–water partition coefficient (Wildman–Crippen LogP) is 0.731. The van der Waals surface area contributed by atoms with Crippen LogP contribution in [0.5, 0.6) is 0 Å². The monoisotopic (exact) mass is 283 g/mol. The van der Waals surface area contributed by atoms with Gasteiger partial charge in [0.05, 0.1) is 5.54 Å². The Labute approximate surface area is 122 Å². The van der Waals surface area contributed by atoms with Crippen LogP contribution in [-0.2, 0) is 9.53 Å². The van der Waals surface area contributed by atoms with Gasteiger partial charge < -0.3 is 20.7 Å². The lowest BCUT2D eigenvalue weighted by molar-refractivity contribution is -0.130. The summed E-state index contributed by atoms with van der Waals surface area (Å²) in [7, 11) is 0. The first-order valence-electron chi connectivity index (χ1n) is 7.89. The smallest absolute Gasteiger partial charge is 0.240 e. The minimum atomic E-state index is -0.715. The summed E-state index contributed by atoms with van der Waals surface area (Å²) in [4.78, 5) is 14.8. The molecule has 0 aliphatic carbocycles. The molecular formula is C15H29N3O2. The van der Waals surface area contributed by atoms with E-state index in [-0.39, 0.29) is 11.9 Å². The minimum absolute atomic E-state index is 0.0168. The summed E-state index contributed by atoms with van der Waals surface area (Å²) in [5.74, 6) is 0.721. The van der Waals surface area contributed by atoms with Gasteiger partial charge in [0.1, 0.15) is 0 Å². The van der Waals surface area contributed by atoms with Gasteiger partial charge in [0.25, 0.3) is 0 Å². The first-order valence-corrected chi connectivity index (χ1v) is 7.89. The Morgan fingerprint density at radius 3 is 2.50 bits per heavy atom. The van der Waals surface area contributed by atoms with Crippen LogP contribution < -0.4 is 11.1 Å². The third kappa shape index (κ3) is 4.17. The molecule has 2 saturated heterocycles. The van der Waals surface area contributed by atoms with Crippen LogP contribution in [0.25, 0.3) is 0 Å². The molecule has 0 radical (unpaired) electrons. The van der Waals surface area contributed by atoms with Crippen LogP contribution in [0.3, 0.4) is 0 Å².